The van der Waals surface area contributed by atoms with Gasteiger partial charge in [-0.25, -0.2) is 14.8 Å². The summed E-state index contributed by atoms with van der Waals surface area (Å²) in [7, 11) is -4.47. The molecule has 134 valence electrons. The van der Waals surface area contributed by atoms with Crippen LogP contribution in [0.5, 0.6) is 0 Å². The monoisotopic (exact) mass is 373 g/mol. The molecule has 0 radical (unpaired) electrons. The van der Waals surface area contributed by atoms with Crippen molar-refractivity contribution in [3.05, 3.63) is 54.1 Å². The van der Waals surface area contributed by atoms with Gasteiger partial charge in [-0.05, 0) is 31.2 Å². The third kappa shape index (κ3) is 3.48. The highest BCUT2D eigenvalue weighted by Gasteiger charge is 2.27. The first-order valence-electron chi connectivity index (χ1n) is 7.58. The lowest BCUT2D eigenvalue weighted by Crippen LogP contribution is -2.22. The molecule has 2 N–H and O–H groups in total. The number of aromatic carboxylic acids is 1. The maximum Gasteiger partial charge on any atom is 0.337 e. The lowest BCUT2D eigenvalue weighted by molar-refractivity contribution is 0.0698. The highest BCUT2D eigenvalue weighted by atomic mass is 32.2. The Morgan fingerprint density at radius 2 is 1.81 bits per heavy atom. The maximum absolute atomic E-state index is 11.7. The largest absolute Gasteiger partial charge is 0.478 e. The van der Waals surface area contributed by atoms with Crippen LogP contribution >= 0.6 is 0 Å². The van der Waals surface area contributed by atoms with E-state index in [0.29, 0.717) is 18.0 Å². The van der Waals surface area contributed by atoms with Gasteiger partial charge in [0.05, 0.1) is 16.9 Å². The molecule has 0 amide bonds. The summed E-state index contributed by atoms with van der Waals surface area (Å²) in [5.41, 5.74) is 1.06. The molecule has 1 aliphatic heterocycles. The van der Waals surface area contributed by atoms with Crippen LogP contribution in [0.2, 0.25) is 0 Å². The lowest BCUT2D eigenvalue weighted by atomic mass is 10.2. The zero-order valence-electron chi connectivity index (χ0n) is 13.7. The zero-order valence-corrected chi connectivity index (χ0v) is 14.5. The van der Waals surface area contributed by atoms with Crippen molar-refractivity contribution in [1.82, 2.24) is 0 Å². The van der Waals surface area contributed by atoms with Gasteiger partial charge in [-0.15, -0.1) is 0 Å². The van der Waals surface area contributed by atoms with Crippen molar-refractivity contribution in [2.45, 2.75) is 18.2 Å². The van der Waals surface area contributed by atoms with Gasteiger partial charge in [-0.3, -0.25) is 4.55 Å². The smallest absolute Gasteiger partial charge is 0.337 e. The molecule has 0 unspecified atom stereocenters. The SMILES string of the molecule is CC1=NN(c2ccccc2S(=O)(=O)O)C(=Nc2ccccc2C(=O)O)C1. The summed E-state index contributed by atoms with van der Waals surface area (Å²) in [4.78, 5) is 15.4. The van der Waals surface area contributed by atoms with E-state index in [4.69, 9.17) is 0 Å². The van der Waals surface area contributed by atoms with E-state index in [1.165, 1.54) is 29.3 Å². The summed E-state index contributed by atoms with van der Waals surface area (Å²) in [6.07, 6.45) is 0.313. The van der Waals surface area contributed by atoms with E-state index in [-0.39, 0.29) is 21.8 Å². The second kappa shape index (κ2) is 6.70. The number of aliphatic imine (C=N–C) groups is 1. The Morgan fingerprint density at radius 1 is 1.15 bits per heavy atom. The average molecular weight is 373 g/mol. The van der Waals surface area contributed by atoms with E-state index in [1.54, 1.807) is 31.2 Å². The number of para-hydroxylation sites is 2. The molecule has 0 saturated carbocycles. The first-order valence-corrected chi connectivity index (χ1v) is 9.02. The van der Waals surface area contributed by atoms with E-state index in [0.717, 1.165) is 0 Å². The second-order valence-electron chi connectivity index (χ2n) is 5.62. The fourth-order valence-electron chi connectivity index (χ4n) is 2.59. The Balaban J connectivity index is 2.13. The van der Waals surface area contributed by atoms with Gasteiger partial charge in [0.2, 0.25) is 0 Å². The van der Waals surface area contributed by atoms with E-state index in [1.807, 2.05) is 0 Å². The van der Waals surface area contributed by atoms with Crippen molar-refractivity contribution in [3.8, 4) is 0 Å². The van der Waals surface area contributed by atoms with Crippen molar-refractivity contribution in [2.75, 3.05) is 5.01 Å². The fraction of sp³-hybridized carbons (Fsp3) is 0.118. The van der Waals surface area contributed by atoms with Crippen molar-refractivity contribution >= 4 is 39.0 Å². The topological polar surface area (TPSA) is 120 Å². The minimum Gasteiger partial charge on any atom is -0.478 e. The zero-order chi connectivity index (χ0) is 18.9. The summed E-state index contributed by atoms with van der Waals surface area (Å²) in [6.45, 7) is 1.74. The Morgan fingerprint density at radius 3 is 2.50 bits per heavy atom. The van der Waals surface area contributed by atoms with E-state index >= 15 is 0 Å². The highest BCUT2D eigenvalue weighted by Crippen LogP contribution is 2.30. The number of anilines is 1. The summed E-state index contributed by atoms with van der Waals surface area (Å²) >= 11 is 0. The van der Waals surface area contributed by atoms with Crippen molar-refractivity contribution in [2.24, 2.45) is 10.1 Å². The molecule has 1 heterocycles. The molecule has 2 aromatic rings. The van der Waals surface area contributed by atoms with Crippen LogP contribution in [0.25, 0.3) is 0 Å². The molecule has 0 aromatic heterocycles. The number of rotatable bonds is 4. The Kier molecular flexibility index (Phi) is 4.58. The number of hydrogen-bond acceptors (Lipinski definition) is 5. The normalized spacial score (nSPS) is 16.0. The Labute approximate surface area is 149 Å². The van der Waals surface area contributed by atoms with Crippen LogP contribution in [0.15, 0.2) is 63.5 Å². The molecule has 0 bridgehead atoms. The standard InChI is InChI=1S/C17H15N3O5S/c1-11-10-16(18-13-7-3-2-6-12(13)17(21)22)20(19-11)14-8-4-5-9-15(14)26(23,24)25/h2-9H,10H2,1H3,(H,21,22)(H,23,24,25). The van der Waals surface area contributed by atoms with E-state index < -0.39 is 16.1 Å². The molecule has 0 aliphatic carbocycles. The van der Waals surface area contributed by atoms with E-state index in [9.17, 15) is 22.9 Å². The van der Waals surface area contributed by atoms with Crippen LogP contribution < -0.4 is 5.01 Å². The number of carboxylic acid groups (broad SMARTS) is 1. The summed E-state index contributed by atoms with van der Waals surface area (Å²) in [5, 5.41) is 14.9. The number of nitrogens with zero attached hydrogens (tertiary/aromatic N) is 3. The quantitative estimate of drug-likeness (QED) is 0.795. The van der Waals surface area contributed by atoms with Crippen molar-refractivity contribution < 1.29 is 22.9 Å². The first-order chi connectivity index (χ1) is 12.3. The third-order valence-electron chi connectivity index (χ3n) is 3.68. The van der Waals surface area contributed by atoms with Gasteiger partial charge in [0.1, 0.15) is 10.7 Å². The van der Waals surface area contributed by atoms with Gasteiger partial charge in [0.15, 0.2) is 0 Å². The predicted octanol–water partition coefficient (Wildman–Crippen LogP) is 2.95. The molecule has 0 spiro atoms. The van der Waals surface area contributed by atoms with Crippen LogP contribution in [0.3, 0.4) is 0 Å². The van der Waals surface area contributed by atoms with Gasteiger partial charge in [-0.1, -0.05) is 24.3 Å². The molecule has 0 atom stereocenters. The van der Waals surface area contributed by atoms with E-state index in [2.05, 4.69) is 10.1 Å². The number of hydrogen-bond donors (Lipinski definition) is 2. The minimum atomic E-state index is -4.47. The van der Waals surface area contributed by atoms with Crippen molar-refractivity contribution in [1.29, 1.82) is 0 Å². The first kappa shape index (κ1) is 17.8. The lowest BCUT2D eigenvalue weighted by Gasteiger charge is -2.18. The van der Waals surface area contributed by atoms with Gasteiger partial charge < -0.3 is 5.11 Å². The van der Waals surface area contributed by atoms with Gasteiger partial charge in [-0.2, -0.15) is 13.5 Å². The van der Waals surface area contributed by atoms with Gasteiger partial charge in [0.25, 0.3) is 10.1 Å². The molecule has 2 aromatic carbocycles. The number of benzene rings is 2. The number of hydrazone groups is 1. The second-order valence-corrected chi connectivity index (χ2v) is 7.01. The minimum absolute atomic E-state index is 0.0209. The molecule has 0 fully saturated rings. The molecular weight excluding hydrogens is 358 g/mol. The Bertz CT molecular complexity index is 1040. The number of amidine groups is 1. The average Bonchev–Trinajstić information content (AvgIpc) is 2.94. The van der Waals surface area contributed by atoms with Crippen LogP contribution in [0, 0.1) is 0 Å². The fourth-order valence-corrected chi connectivity index (χ4v) is 3.26. The Hall–Kier alpha value is -3.04. The van der Waals surface area contributed by atoms with Crippen LogP contribution in [0.4, 0.5) is 11.4 Å². The predicted molar refractivity (Wildman–Crippen MR) is 97.0 cm³/mol. The van der Waals surface area contributed by atoms with Crippen molar-refractivity contribution in [3.63, 3.8) is 0 Å². The van der Waals surface area contributed by atoms with Crippen LogP contribution in [-0.2, 0) is 10.1 Å². The van der Waals surface area contributed by atoms with Crippen LogP contribution in [0.1, 0.15) is 23.7 Å². The molecule has 8 nitrogen and oxygen atoms in total. The molecule has 3 rings (SSSR count). The molecule has 0 saturated heterocycles. The van der Waals surface area contributed by atoms with Gasteiger partial charge in [0, 0.05) is 12.1 Å². The van der Waals surface area contributed by atoms with Crippen LogP contribution in [-0.4, -0.2) is 35.6 Å². The summed E-state index contributed by atoms with van der Waals surface area (Å²) in [6, 6.07) is 12.1. The molecule has 26 heavy (non-hydrogen) atoms. The maximum atomic E-state index is 11.7. The molecule has 9 heteroatoms. The number of carboxylic acids is 1. The van der Waals surface area contributed by atoms with Gasteiger partial charge >= 0.3 is 5.97 Å². The molecule has 1 aliphatic rings. The third-order valence-corrected chi connectivity index (χ3v) is 4.59. The summed E-state index contributed by atoms with van der Waals surface area (Å²) in [5.74, 6) is -0.766. The molecular formula is C17H15N3O5S. The number of carbonyl (C=O) groups is 1. The highest BCUT2D eigenvalue weighted by molar-refractivity contribution is 7.86. The summed E-state index contributed by atoms with van der Waals surface area (Å²) < 4.78 is 32.8.